The standard InChI is InChI=1S/C27H34F4N6/c1-18-11-20-12-19(21(13-32)14-33)3-5-24(20)26(37(18)17-27(29,30)31)25-6-4-22(15-34-25)35-23-7-10-36(16-23)9-2-8-28/h3-6,12-15,18,23,26,32,35H,2,7-11,16-17,33H2,1H3/b21-14+,32-13?/t18-,23+,26+/m1/s1. The highest BCUT2D eigenvalue weighted by molar-refractivity contribution is 6.08. The number of anilines is 1. The maximum Gasteiger partial charge on any atom is 0.401 e. The van der Waals surface area contributed by atoms with Crippen LogP contribution in [0.2, 0.25) is 0 Å². The van der Waals surface area contributed by atoms with Crippen LogP contribution in [-0.4, -0.2) is 72.1 Å². The van der Waals surface area contributed by atoms with Crippen molar-refractivity contribution < 1.29 is 17.6 Å². The van der Waals surface area contributed by atoms with Crippen LogP contribution in [0, 0.1) is 5.41 Å². The minimum absolute atomic E-state index is 0.224. The Morgan fingerprint density at radius 2 is 2.08 bits per heavy atom. The molecule has 2 aromatic rings. The number of fused-ring (bicyclic) bond motifs is 1. The van der Waals surface area contributed by atoms with Crippen molar-refractivity contribution in [3.63, 3.8) is 0 Å². The van der Waals surface area contributed by atoms with Gasteiger partial charge in [-0.05, 0) is 55.0 Å². The van der Waals surface area contributed by atoms with Gasteiger partial charge in [0.2, 0.25) is 0 Å². The van der Waals surface area contributed by atoms with Crippen molar-refractivity contribution in [3.05, 3.63) is 65.1 Å². The van der Waals surface area contributed by atoms with E-state index in [1.54, 1.807) is 25.3 Å². The van der Waals surface area contributed by atoms with Gasteiger partial charge >= 0.3 is 6.18 Å². The second-order valence-electron chi connectivity index (χ2n) is 9.87. The van der Waals surface area contributed by atoms with Crippen molar-refractivity contribution in [2.45, 2.75) is 50.5 Å². The van der Waals surface area contributed by atoms with Gasteiger partial charge < -0.3 is 21.4 Å². The highest BCUT2D eigenvalue weighted by Gasteiger charge is 2.41. The van der Waals surface area contributed by atoms with E-state index in [1.807, 2.05) is 18.2 Å². The third-order valence-electron chi connectivity index (χ3n) is 7.20. The molecule has 1 aromatic carbocycles. The lowest BCUT2D eigenvalue weighted by molar-refractivity contribution is -0.155. The normalized spacial score (nSPS) is 23.2. The van der Waals surface area contributed by atoms with Gasteiger partial charge in [-0.3, -0.25) is 14.3 Å². The zero-order valence-corrected chi connectivity index (χ0v) is 20.9. The van der Waals surface area contributed by atoms with E-state index >= 15 is 0 Å². The first-order valence-corrected chi connectivity index (χ1v) is 12.6. The second kappa shape index (κ2) is 11.6. The molecule has 0 spiro atoms. The molecule has 200 valence electrons. The first-order chi connectivity index (χ1) is 17.7. The van der Waals surface area contributed by atoms with Gasteiger partial charge in [0.1, 0.15) is 0 Å². The Morgan fingerprint density at radius 3 is 2.73 bits per heavy atom. The van der Waals surface area contributed by atoms with Gasteiger partial charge in [-0.2, -0.15) is 13.2 Å². The van der Waals surface area contributed by atoms with E-state index in [4.69, 9.17) is 11.1 Å². The summed E-state index contributed by atoms with van der Waals surface area (Å²) in [5, 5.41) is 11.0. The van der Waals surface area contributed by atoms with E-state index in [-0.39, 0.29) is 18.8 Å². The van der Waals surface area contributed by atoms with Gasteiger partial charge in [-0.15, -0.1) is 0 Å². The first-order valence-electron chi connectivity index (χ1n) is 12.6. The Hall–Kier alpha value is -2.98. The quantitative estimate of drug-likeness (QED) is 0.329. The fourth-order valence-corrected chi connectivity index (χ4v) is 5.43. The van der Waals surface area contributed by atoms with Crippen LogP contribution in [0.5, 0.6) is 0 Å². The number of pyridine rings is 1. The number of aromatic nitrogens is 1. The Balaban J connectivity index is 1.60. The predicted molar refractivity (Wildman–Crippen MR) is 138 cm³/mol. The monoisotopic (exact) mass is 518 g/mol. The van der Waals surface area contributed by atoms with E-state index < -0.39 is 18.8 Å². The van der Waals surface area contributed by atoms with Crippen LogP contribution in [0.4, 0.5) is 23.2 Å². The number of hydrogen-bond donors (Lipinski definition) is 3. The molecule has 0 amide bonds. The lowest BCUT2D eigenvalue weighted by Gasteiger charge is -2.42. The molecule has 6 nitrogen and oxygen atoms in total. The zero-order valence-electron chi connectivity index (χ0n) is 20.9. The summed E-state index contributed by atoms with van der Waals surface area (Å²) in [6.07, 6.45) is 1.78. The van der Waals surface area contributed by atoms with Crippen LogP contribution in [0.25, 0.3) is 5.57 Å². The number of alkyl halides is 4. The SMILES string of the molecule is C[C@@H]1Cc2cc(/C(C=N)=C/N)ccc2[C@@H](c2ccc(N[C@H]3CCN(CCCF)C3)cn2)N1CC(F)(F)F. The maximum atomic E-state index is 13.6. The van der Waals surface area contributed by atoms with Gasteiger partial charge in [0, 0.05) is 49.7 Å². The van der Waals surface area contributed by atoms with Crippen molar-refractivity contribution in [2.24, 2.45) is 5.73 Å². The lowest BCUT2D eigenvalue weighted by Crippen LogP contribution is -2.47. The van der Waals surface area contributed by atoms with Crippen molar-refractivity contribution in [2.75, 3.05) is 38.2 Å². The van der Waals surface area contributed by atoms with Gasteiger partial charge in [0.15, 0.2) is 0 Å². The summed E-state index contributed by atoms with van der Waals surface area (Å²) in [5.41, 5.74) is 10.0. The van der Waals surface area contributed by atoms with E-state index in [2.05, 4.69) is 15.2 Å². The number of nitrogens with two attached hydrogens (primary N) is 1. The molecule has 10 heteroatoms. The van der Waals surface area contributed by atoms with E-state index in [9.17, 15) is 17.6 Å². The molecular formula is C27H34F4N6. The summed E-state index contributed by atoms with van der Waals surface area (Å²) in [4.78, 5) is 8.31. The van der Waals surface area contributed by atoms with Crippen molar-refractivity contribution in [1.29, 1.82) is 5.41 Å². The predicted octanol–water partition coefficient (Wildman–Crippen LogP) is 4.77. The van der Waals surface area contributed by atoms with E-state index in [0.717, 1.165) is 48.4 Å². The topological polar surface area (TPSA) is 81.3 Å². The smallest absolute Gasteiger partial charge is 0.401 e. The molecule has 4 rings (SSSR count). The number of halogens is 4. The number of hydrogen-bond acceptors (Lipinski definition) is 6. The number of allylic oxidation sites excluding steroid dienone is 1. The second-order valence-corrected chi connectivity index (χ2v) is 9.87. The number of nitrogens with zero attached hydrogens (tertiary/aromatic N) is 3. The van der Waals surface area contributed by atoms with Crippen molar-refractivity contribution in [3.8, 4) is 0 Å². The van der Waals surface area contributed by atoms with Crippen molar-refractivity contribution >= 4 is 17.5 Å². The maximum absolute atomic E-state index is 13.6. The highest BCUT2D eigenvalue weighted by Crippen LogP contribution is 2.40. The molecule has 2 aliphatic rings. The number of likely N-dealkylation sites (tertiary alicyclic amines) is 1. The molecule has 1 saturated heterocycles. The van der Waals surface area contributed by atoms with Crippen LogP contribution in [0.3, 0.4) is 0 Å². The summed E-state index contributed by atoms with van der Waals surface area (Å²) < 4.78 is 53.3. The summed E-state index contributed by atoms with van der Waals surface area (Å²) in [6, 6.07) is 8.41. The van der Waals surface area contributed by atoms with Gasteiger partial charge in [-0.25, -0.2) is 0 Å². The molecule has 37 heavy (non-hydrogen) atoms. The molecule has 3 atom stereocenters. The van der Waals surface area contributed by atoms with E-state index in [1.165, 1.54) is 17.3 Å². The third-order valence-corrected chi connectivity index (χ3v) is 7.20. The Morgan fingerprint density at radius 1 is 1.27 bits per heavy atom. The first kappa shape index (κ1) is 27.1. The van der Waals surface area contributed by atoms with Crippen LogP contribution in [0.15, 0.2) is 42.7 Å². The summed E-state index contributed by atoms with van der Waals surface area (Å²) in [5.74, 6) is 0. The Kier molecular flexibility index (Phi) is 8.49. The summed E-state index contributed by atoms with van der Waals surface area (Å²) >= 11 is 0. The number of nitrogens with one attached hydrogen (secondary N) is 2. The van der Waals surface area contributed by atoms with Crippen LogP contribution in [0.1, 0.15) is 48.2 Å². The van der Waals surface area contributed by atoms with Crippen LogP contribution < -0.4 is 11.1 Å². The molecule has 0 unspecified atom stereocenters. The summed E-state index contributed by atoms with van der Waals surface area (Å²) in [7, 11) is 0. The minimum atomic E-state index is -4.35. The van der Waals surface area contributed by atoms with Gasteiger partial charge in [0.25, 0.3) is 0 Å². The lowest BCUT2D eigenvalue weighted by atomic mass is 9.85. The fraction of sp³-hybridized carbons (Fsp3) is 0.481. The highest BCUT2D eigenvalue weighted by atomic mass is 19.4. The average Bonchev–Trinajstić information content (AvgIpc) is 3.31. The Bertz CT molecular complexity index is 1100. The molecule has 0 bridgehead atoms. The van der Waals surface area contributed by atoms with Gasteiger partial charge in [0.05, 0.1) is 36.8 Å². The molecule has 1 aromatic heterocycles. The molecular weight excluding hydrogens is 484 g/mol. The number of rotatable bonds is 9. The number of benzene rings is 1. The summed E-state index contributed by atoms with van der Waals surface area (Å²) in [6.45, 7) is 2.93. The van der Waals surface area contributed by atoms with E-state index in [0.29, 0.717) is 24.1 Å². The molecule has 1 fully saturated rings. The largest absolute Gasteiger partial charge is 0.404 e. The van der Waals surface area contributed by atoms with Crippen LogP contribution >= 0.6 is 0 Å². The molecule has 0 radical (unpaired) electrons. The molecule has 3 heterocycles. The molecule has 4 N–H and O–H groups in total. The average molecular weight is 519 g/mol. The minimum Gasteiger partial charge on any atom is -0.404 e. The third kappa shape index (κ3) is 6.48. The zero-order chi connectivity index (χ0) is 26.6. The van der Waals surface area contributed by atoms with Crippen molar-refractivity contribution in [1.82, 2.24) is 14.8 Å². The molecule has 0 saturated carbocycles. The van der Waals surface area contributed by atoms with Gasteiger partial charge in [-0.1, -0.05) is 18.2 Å². The Labute approximate surface area is 215 Å². The molecule has 0 aliphatic carbocycles. The fourth-order valence-electron chi connectivity index (χ4n) is 5.43. The molecule has 2 aliphatic heterocycles. The van der Waals surface area contributed by atoms with Crippen LogP contribution in [-0.2, 0) is 6.42 Å².